The number of benzene rings is 1. The molecule has 10 nitrogen and oxygen atoms in total. The molecule has 5 rings (SSSR count). The van der Waals surface area contributed by atoms with Gasteiger partial charge in [0.2, 0.25) is 5.58 Å². The highest BCUT2D eigenvalue weighted by Crippen LogP contribution is 2.42. The van der Waals surface area contributed by atoms with Crippen molar-refractivity contribution in [2.75, 3.05) is 49.3 Å². The Labute approximate surface area is 177 Å². The van der Waals surface area contributed by atoms with E-state index in [1.807, 2.05) is 18.7 Å². The third-order valence-electron chi connectivity index (χ3n) is 5.63. The molecule has 1 aromatic heterocycles. The van der Waals surface area contributed by atoms with Gasteiger partial charge in [0, 0.05) is 18.7 Å². The lowest BCUT2D eigenvalue weighted by Crippen LogP contribution is -2.46. The van der Waals surface area contributed by atoms with Crippen LogP contribution in [-0.4, -0.2) is 74.1 Å². The average Bonchev–Trinajstić information content (AvgIpc) is 3.46. The number of nitrogens with zero attached hydrogens (tertiary/aromatic N) is 3. The van der Waals surface area contributed by atoms with Crippen LogP contribution >= 0.6 is 0 Å². The van der Waals surface area contributed by atoms with Crippen LogP contribution in [0.15, 0.2) is 10.6 Å². The second-order valence-corrected chi connectivity index (χ2v) is 8.05. The van der Waals surface area contributed by atoms with Gasteiger partial charge in [0.05, 0.1) is 49.6 Å². The molecule has 2 aromatic rings. The minimum atomic E-state index is -0.749. The maximum absolute atomic E-state index is 15.9. The maximum atomic E-state index is 15.9. The minimum absolute atomic E-state index is 0.0706. The smallest absolute Gasteiger partial charge is 0.416 e. The van der Waals surface area contributed by atoms with E-state index in [0.717, 1.165) is 0 Å². The van der Waals surface area contributed by atoms with Gasteiger partial charge >= 0.3 is 6.09 Å². The Hall–Kier alpha value is -2.47. The summed E-state index contributed by atoms with van der Waals surface area (Å²) in [6.45, 7) is 5.41. The van der Waals surface area contributed by atoms with E-state index in [0.29, 0.717) is 42.9 Å². The summed E-state index contributed by atoms with van der Waals surface area (Å²) < 4.78 is 43.5. The highest BCUT2D eigenvalue weighted by atomic mass is 19.1. The number of aliphatic hydroxyl groups excluding tert-OH is 1. The Morgan fingerprint density at radius 1 is 1.19 bits per heavy atom. The number of carbonyl (C=O) groups is 1. The molecule has 3 saturated heterocycles. The third kappa shape index (κ3) is 3.51. The van der Waals surface area contributed by atoms with Gasteiger partial charge in [-0.2, -0.15) is 0 Å². The summed E-state index contributed by atoms with van der Waals surface area (Å²) >= 11 is 0. The van der Waals surface area contributed by atoms with Crippen molar-refractivity contribution >= 4 is 28.6 Å². The van der Waals surface area contributed by atoms with E-state index in [1.54, 1.807) is 6.07 Å². The first-order valence-corrected chi connectivity index (χ1v) is 10.3. The molecule has 3 atom stereocenters. The van der Waals surface area contributed by atoms with Crippen LogP contribution in [0.2, 0.25) is 0 Å². The molecule has 3 unspecified atom stereocenters. The summed E-state index contributed by atoms with van der Waals surface area (Å²) in [7, 11) is 0. The molecule has 1 N–H and O–H groups in total. The van der Waals surface area contributed by atoms with Crippen molar-refractivity contribution in [1.82, 2.24) is 5.16 Å². The Kier molecular flexibility index (Phi) is 5.21. The molecule has 0 aliphatic carbocycles. The summed E-state index contributed by atoms with van der Waals surface area (Å²) in [5.41, 5.74) is 0.750. The van der Waals surface area contributed by atoms with Gasteiger partial charge in [-0.15, -0.1) is 0 Å². The average molecular weight is 437 g/mol. The minimum Gasteiger partial charge on any atom is -0.441 e. The first-order chi connectivity index (χ1) is 15.0. The van der Waals surface area contributed by atoms with Crippen LogP contribution in [-0.2, 0) is 18.9 Å². The van der Waals surface area contributed by atoms with Crippen LogP contribution < -0.4 is 9.80 Å². The van der Waals surface area contributed by atoms with Crippen molar-refractivity contribution < 1.29 is 37.8 Å². The highest BCUT2D eigenvalue weighted by Gasteiger charge is 2.38. The molecule has 4 heterocycles. The molecule has 1 amide bonds. The van der Waals surface area contributed by atoms with E-state index in [4.69, 9.17) is 23.5 Å². The molecule has 11 heteroatoms. The Balaban J connectivity index is 1.63. The largest absolute Gasteiger partial charge is 0.441 e. The molecule has 0 saturated carbocycles. The lowest BCUT2D eigenvalue weighted by atomic mass is 10.0. The van der Waals surface area contributed by atoms with Gasteiger partial charge in [0.15, 0.2) is 17.9 Å². The highest BCUT2D eigenvalue weighted by molar-refractivity contribution is 6.00. The van der Waals surface area contributed by atoms with Crippen LogP contribution in [0.1, 0.15) is 25.7 Å². The van der Waals surface area contributed by atoms with Crippen LogP contribution in [0.3, 0.4) is 0 Å². The predicted octanol–water partition coefficient (Wildman–Crippen LogP) is 1.94. The molecular formula is C20H24FN3O7. The standard InChI is InChI=1S/C20H24FN3O7/c1-10-6-23(7-11(2)29-10)16-13(19-27-3-4-28-19)5-14-17(15(16)21)31-22-18(14)24-8-12(9-25)30-20(24)26/h5,10-12,19,25H,3-4,6-9H2,1-2H3. The van der Waals surface area contributed by atoms with Crippen LogP contribution in [0.5, 0.6) is 0 Å². The van der Waals surface area contributed by atoms with Gasteiger partial charge in [-0.25, -0.2) is 9.18 Å². The predicted molar refractivity (Wildman–Crippen MR) is 106 cm³/mol. The third-order valence-corrected chi connectivity index (χ3v) is 5.63. The Morgan fingerprint density at radius 2 is 1.90 bits per heavy atom. The number of carbonyl (C=O) groups excluding carboxylic acids is 1. The first kappa shape index (κ1) is 20.4. The molecule has 0 spiro atoms. The van der Waals surface area contributed by atoms with E-state index >= 15 is 4.39 Å². The molecule has 3 aliphatic rings. The number of cyclic esters (lactones) is 1. The van der Waals surface area contributed by atoms with Crippen LogP contribution in [0.25, 0.3) is 11.0 Å². The fourth-order valence-electron chi connectivity index (χ4n) is 4.42. The van der Waals surface area contributed by atoms with Crippen LogP contribution in [0.4, 0.5) is 20.7 Å². The summed E-state index contributed by atoms with van der Waals surface area (Å²) in [6.07, 6.45) is -2.28. The monoisotopic (exact) mass is 437 g/mol. The van der Waals surface area contributed by atoms with Crippen molar-refractivity contribution in [2.45, 2.75) is 38.4 Å². The van der Waals surface area contributed by atoms with E-state index in [-0.39, 0.29) is 36.8 Å². The summed E-state index contributed by atoms with van der Waals surface area (Å²) in [5.74, 6) is -0.470. The normalized spacial score (nSPS) is 27.5. The number of rotatable bonds is 4. The van der Waals surface area contributed by atoms with E-state index in [9.17, 15) is 9.90 Å². The number of fused-ring (bicyclic) bond motifs is 1. The number of hydrogen-bond donors (Lipinski definition) is 1. The number of aliphatic hydroxyl groups is 1. The number of ether oxygens (including phenoxy) is 4. The van der Waals surface area contributed by atoms with Crippen molar-refractivity contribution in [3.63, 3.8) is 0 Å². The SMILES string of the molecule is CC1CN(c2c(C3OCCO3)cc3c(N4CC(CO)OC4=O)noc3c2F)CC(C)O1. The second kappa shape index (κ2) is 7.90. The lowest BCUT2D eigenvalue weighted by molar-refractivity contribution is -0.0445. The Bertz CT molecular complexity index is 983. The van der Waals surface area contributed by atoms with Crippen molar-refractivity contribution in [3.8, 4) is 0 Å². The van der Waals surface area contributed by atoms with E-state index < -0.39 is 24.3 Å². The first-order valence-electron chi connectivity index (χ1n) is 10.3. The molecule has 0 bridgehead atoms. The quantitative estimate of drug-likeness (QED) is 0.768. The topological polar surface area (TPSA) is 107 Å². The molecule has 168 valence electrons. The molecule has 0 radical (unpaired) electrons. The van der Waals surface area contributed by atoms with Gasteiger partial charge in [-0.3, -0.25) is 4.90 Å². The fraction of sp³-hybridized carbons (Fsp3) is 0.600. The van der Waals surface area contributed by atoms with Crippen molar-refractivity contribution in [1.29, 1.82) is 0 Å². The summed E-state index contributed by atoms with van der Waals surface area (Å²) in [6, 6.07) is 1.69. The van der Waals surface area contributed by atoms with Crippen molar-refractivity contribution in [3.05, 3.63) is 17.4 Å². The van der Waals surface area contributed by atoms with Gasteiger partial charge < -0.3 is 33.5 Å². The van der Waals surface area contributed by atoms with E-state index in [2.05, 4.69) is 5.16 Å². The Morgan fingerprint density at radius 3 is 2.55 bits per heavy atom. The number of morpholine rings is 1. The number of halogens is 1. The van der Waals surface area contributed by atoms with Gasteiger partial charge in [-0.1, -0.05) is 5.16 Å². The van der Waals surface area contributed by atoms with Gasteiger partial charge in [0.1, 0.15) is 6.10 Å². The fourth-order valence-corrected chi connectivity index (χ4v) is 4.42. The summed E-state index contributed by atoms with van der Waals surface area (Å²) in [4.78, 5) is 15.4. The number of anilines is 2. The van der Waals surface area contributed by atoms with Crippen LogP contribution in [0, 0.1) is 5.82 Å². The molecule has 31 heavy (non-hydrogen) atoms. The zero-order chi connectivity index (χ0) is 21.7. The van der Waals surface area contributed by atoms with Gasteiger partial charge in [0.25, 0.3) is 0 Å². The molecule has 3 aliphatic heterocycles. The molecule has 3 fully saturated rings. The summed E-state index contributed by atoms with van der Waals surface area (Å²) in [5, 5.41) is 13.6. The van der Waals surface area contributed by atoms with Gasteiger partial charge in [-0.05, 0) is 19.9 Å². The molecule has 1 aromatic carbocycles. The van der Waals surface area contributed by atoms with Crippen molar-refractivity contribution in [2.24, 2.45) is 0 Å². The van der Waals surface area contributed by atoms with E-state index in [1.165, 1.54) is 4.90 Å². The zero-order valence-electron chi connectivity index (χ0n) is 17.2. The second-order valence-electron chi connectivity index (χ2n) is 8.05. The lowest BCUT2D eigenvalue weighted by Gasteiger charge is -2.38. The molecular weight excluding hydrogens is 413 g/mol. The zero-order valence-corrected chi connectivity index (χ0v) is 17.2. The number of hydrogen-bond acceptors (Lipinski definition) is 9. The number of amides is 1. The maximum Gasteiger partial charge on any atom is 0.416 e. The number of aromatic nitrogens is 1.